The first-order chi connectivity index (χ1) is 13.1. The summed E-state index contributed by atoms with van der Waals surface area (Å²) in [4.78, 5) is 17.0. The summed E-state index contributed by atoms with van der Waals surface area (Å²) in [6.45, 7) is 0. The molecule has 1 amide bonds. The summed E-state index contributed by atoms with van der Waals surface area (Å²) in [5, 5.41) is 4.36. The number of benzene rings is 2. The number of amides is 1. The van der Waals surface area contributed by atoms with Crippen molar-refractivity contribution in [3.8, 4) is 10.6 Å². The number of carbonyl (C=O) groups excluding carboxylic acids is 1. The molecule has 0 fully saturated rings. The number of nitrogens with zero attached hydrogens (tertiary/aromatic N) is 1. The lowest BCUT2D eigenvalue weighted by molar-refractivity contribution is -0.111. The Morgan fingerprint density at radius 2 is 2.00 bits per heavy atom. The molecule has 0 aliphatic rings. The van der Waals surface area contributed by atoms with Gasteiger partial charge in [0.1, 0.15) is 10.8 Å². The maximum Gasteiger partial charge on any atom is 0.248 e. The van der Waals surface area contributed by atoms with Crippen molar-refractivity contribution in [2.24, 2.45) is 0 Å². The van der Waals surface area contributed by atoms with Gasteiger partial charge in [0, 0.05) is 16.7 Å². The Kier molecular flexibility index (Phi) is 4.99. The van der Waals surface area contributed by atoms with E-state index in [1.165, 1.54) is 17.4 Å². The number of nitrogens with one attached hydrogen (secondary N) is 1. The van der Waals surface area contributed by atoms with Gasteiger partial charge in [-0.3, -0.25) is 4.79 Å². The van der Waals surface area contributed by atoms with Crippen LogP contribution >= 0.6 is 34.5 Å². The van der Waals surface area contributed by atoms with Crippen molar-refractivity contribution in [2.75, 3.05) is 5.32 Å². The molecule has 0 unspecified atom stereocenters. The fraction of sp³-hybridized carbons (Fsp3) is 0. The predicted molar refractivity (Wildman–Crippen MR) is 111 cm³/mol. The van der Waals surface area contributed by atoms with Crippen LogP contribution in [-0.4, -0.2) is 10.9 Å². The molecule has 0 spiro atoms. The van der Waals surface area contributed by atoms with E-state index in [4.69, 9.17) is 27.6 Å². The van der Waals surface area contributed by atoms with Crippen LogP contribution in [0.25, 0.3) is 26.9 Å². The number of hydrogen-bond acceptors (Lipinski definition) is 4. The van der Waals surface area contributed by atoms with Gasteiger partial charge in [-0.1, -0.05) is 35.3 Å². The minimum Gasteiger partial charge on any atom is -0.465 e. The summed E-state index contributed by atoms with van der Waals surface area (Å²) in [5.41, 5.74) is 2.02. The van der Waals surface area contributed by atoms with Gasteiger partial charge in [0.05, 0.1) is 27.2 Å². The molecule has 2 aromatic heterocycles. The van der Waals surface area contributed by atoms with Gasteiger partial charge < -0.3 is 9.73 Å². The van der Waals surface area contributed by atoms with Crippen LogP contribution in [0.15, 0.2) is 65.3 Å². The number of carbonyl (C=O) groups is 1. The van der Waals surface area contributed by atoms with Crippen molar-refractivity contribution in [1.82, 2.24) is 4.98 Å². The highest BCUT2D eigenvalue weighted by Gasteiger charge is 2.16. The summed E-state index contributed by atoms with van der Waals surface area (Å²) in [5.74, 6) is 0.247. The molecule has 0 saturated heterocycles. The molecule has 4 rings (SSSR count). The number of fused-ring (bicyclic) bond motifs is 1. The van der Waals surface area contributed by atoms with Gasteiger partial charge >= 0.3 is 0 Å². The summed E-state index contributed by atoms with van der Waals surface area (Å²) >= 11 is 14.1. The number of thiazole rings is 1. The highest BCUT2D eigenvalue weighted by atomic mass is 35.5. The number of rotatable bonds is 4. The second-order valence-electron chi connectivity index (χ2n) is 5.63. The van der Waals surface area contributed by atoms with Gasteiger partial charge in [-0.05, 0) is 42.5 Å². The van der Waals surface area contributed by atoms with E-state index in [-0.39, 0.29) is 5.91 Å². The van der Waals surface area contributed by atoms with E-state index in [0.717, 1.165) is 15.2 Å². The van der Waals surface area contributed by atoms with Crippen LogP contribution < -0.4 is 5.32 Å². The standard InChI is InChI=1S/C20H12Cl2N2O2S/c21-12-10-14(20-23-16-5-1-2-6-17(16)27-20)19(15(22)11-12)24-18(25)8-7-13-4-3-9-26-13/h1-11H,(H,24,25). The summed E-state index contributed by atoms with van der Waals surface area (Å²) in [6.07, 6.45) is 4.50. The molecule has 4 aromatic rings. The van der Waals surface area contributed by atoms with Crippen LogP contribution in [-0.2, 0) is 4.79 Å². The Bertz CT molecular complexity index is 1120. The first-order valence-electron chi connectivity index (χ1n) is 7.98. The van der Waals surface area contributed by atoms with Crippen LogP contribution in [0.5, 0.6) is 0 Å². The molecule has 27 heavy (non-hydrogen) atoms. The van der Waals surface area contributed by atoms with Crippen LogP contribution in [0.1, 0.15) is 5.76 Å². The number of hydrogen-bond donors (Lipinski definition) is 1. The van der Waals surface area contributed by atoms with Gasteiger partial charge in [0.15, 0.2) is 0 Å². The fourth-order valence-corrected chi connectivity index (χ4v) is 4.09. The summed E-state index contributed by atoms with van der Waals surface area (Å²) in [7, 11) is 0. The van der Waals surface area contributed by atoms with Gasteiger partial charge in [-0.2, -0.15) is 0 Å². The maximum absolute atomic E-state index is 12.4. The first-order valence-corrected chi connectivity index (χ1v) is 9.55. The Morgan fingerprint density at radius 1 is 1.15 bits per heavy atom. The van der Waals surface area contributed by atoms with Gasteiger partial charge in [0.2, 0.25) is 5.91 Å². The van der Waals surface area contributed by atoms with E-state index in [9.17, 15) is 4.79 Å². The second-order valence-corrected chi connectivity index (χ2v) is 7.51. The molecule has 1 N–H and O–H groups in total. The van der Waals surface area contributed by atoms with E-state index < -0.39 is 0 Å². The fourth-order valence-electron chi connectivity index (χ4n) is 2.57. The van der Waals surface area contributed by atoms with Crippen LogP contribution in [0, 0.1) is 0 Å². The van der Waals surface area contributed by atoms with Crippen LogP contribution in [0.3, 0.4) is 0 Å². The molecule has 0 aliphatic carbocycles. The lowest BCUT2D eigenvalue weighted by Crippen LogP contribution is -2.09. The molecule has 2 heterocycles. The minimum absolute atomic E-state index is 0.335. The Labute approximate surface area is 169 Å². The van der Waals surface area contributed by atoms with Gasteiger partial charge in [0.25, 0.3) is 0 Å². The molecule has 0 bridgehead atoms. The highest BCUT2D eigenvalue weighted by molar-refractivity contribution is 7.21. The summed E-state index contributed by atoms with van der Waals surface area (Å²) in [6, 6.07) is 14.7. The third-order valence-corrected chi connectivity index (χ3v) is 5.36. The Balaban J connectivity index is 1.70. The molecule has 4 nitrogen and oxygen atoms in total. The molecule has 0 atom stereocenters. The summed E-state index contributed by atoms with van der Waals surface area (Å²) < 4.78 is 6.22. The third-order valence-electron chi connectivity index (χ3n) is 3.77. The topological polar surface area (TPSA) is 55.1 Å². The molecule has 0 aliphatic heterocycles. The molecule has 7 heteroatoms. The number of halogens is 2. The molecule has 0 radical (unpaired) electrons. The van der Waals surface area contributed by atoms with Gasteiger partial charge in [-0.15, -0.1) is 11.3 Å². The zero-order valence-corrected chi connectivity index (χ0v) is 16.1. The van der Waals surface area contributed by atoms with E-state index >= 15 is 0 Å². The van der Waals surface area contributed by atoms with Crippen molar-refractivity contribution in [3.05, 3.63) is 76.7 Å². The SMILES string of the molecule is O=C(C=Cc1ccco1)Nc1c(Cl)cc(Cl)cc1-c1nc2ccccc2s1. The van der Waals surface area contributed by atoms with E-state index in [0.29, 0.717) is 27.1 Å². The van der Waals surface area contributed by atoms with Crippen molar-refractivity contribution in [3.63, 3.8) is 0 Å². The number of aromatic nitrogens is 1. The van der Waals surface area contributed by atoms with Crippen molar-refractivity contribution < 1.29 is 9.21 Å². The lowest BCUT2D eigenvalue weighted by atomic mass is 10.1. The van der Waals surface area contributed by atoms with E-state index in [1.807, 2.05) is 24.3 Å². The Hall–Kier alpha value is -2.60. The molecule has 134 valence electrons. The van der Waals surface area contributed by atoms with Gasteiger partial charge in [-0.25, -0.2) is 4.98 Å². The predicted octanol–water partition coefficient (Wildman–Crippen LogP) is 6.52. The van der Waals surface area contributed by atoms with Crippen molar-refractivity contribution in [1.29, 1.82) is 0 Å². The van der Waals surface area contributed by atoms with Crippen LogP contribution in [0.2, 0.25) is 10.0 Å². The largest absolute Gasteiger partial charge is 0.465 e. The highest BCUT2D eigenvalue weighted by Crippen LogP contribution is 2.40. The zero-order valence-electron chi connectivity index (χ0n) is 13.8. The lowest BCUT2D eigenvalue weighted by Gasteiger charge is -2.11. The average molecular weight is 415 g/mol. The number of para-hydroxylation sites is 1. The number of furan rings is 1. The normalized spacial score (nSPS) is 11.3. The van der Waals surface area contributed by atoms with E-state index in [1.54, 1.807) is 36.6 Å². The molecule has 0 saturated carbocycles. The molecule has 2 aromatic carbocycles. The van der Waals surface area contributed by atoms with Crippen molar-refractivity contribution >= 4 is 62.4 Å². The van der Waals surface area contributed by atoms with Crippen LogP contribution in [0.4, 0.5) is 5.69 Å². The average Bonchev–Trinajstić information content (AvgIpc) is 3.31. The third kappa shape index (κ3) is 3.90. The zero-order chi connectivity index (χ0) is 18.8. The second kappa shape index (κ2) is 7.56. The minimum atomic E-state index is -0.335. The molecular weight excluding hydrogens is 403 g/mol. The maximum atomic E-state index is 12.4. The van der Waals surface area contributed by atoms with E-state index in [2.05, 4.69) is 10.3 Å². The smallest absolute Gasteiger partial charge is 0.248 e. The van der Waals surface area contributed by atoms with Crippen molar-refractivity contribution in [2.45, 2.75) is 0 Å². The quantitative estimate of drug-likeness (QED) is 0.387. The number of anilines is 1. The molecular formula is C20H12Cl2N2O2S. The first kappa shape index (κ1) is 17.8. The monoisotopic (exact) mass is 414 g/mol. The Morgan fingerprint density at radius 3 is 2.78 bits per heavy atom.